The lowest BCUT2D eigenvalue weighted by molar-refractivity contribution is 0.494. The van der Waals surface area contributed by atoms with Crippen LogP contribution in [0.2, 0.25) is 0 Å². The van der Waals surface area contributed by atoms with E-state index in [1.165, 1.54) is 4.88 Å². The van der Waals surface area contributed by atoms with Gasteiger partial charge in [0.2, 0.25) is 0 Å². The van der Waals surface area contributed by atoms with Crippen LogP contribution < -0.4 is 10.6 Å². The first-order valence-electron chi connectivity index (χ1n) is 5.24. The molecule has 0 aromatic carbocycles. The van der Waals surface area contributed by atoms with E-state index < -0.39 is 0 Å². The van der Waals surface area contributed by atoms with Crippen LogP contribution in [0.25, 0.3) is 0 Å². The number of hydrogen-bond acceptors (Lipinski definition) is 4. The summed E-state index contributed by atoms with van der Waals surface area (Å²) in [6.07, 6.45) is 1.00. The zero-order valence-electron chi connectivity index (χ0n) is 10.3. The van der Waals surface area contributed by atoms with Gasteiger partial charge >= 0.3 is 0 Å². The molecule has 2 N–H and O–H groups in total. The van der Waals surface area contributed by atoms with Gasteiger partial charge in [-0.1, -0.05) is 13.8 Å². The molecule has 4 heteroatoms. The van der Waals surface area contributed by atoms with Crippen LogP contribution in [0.15, 0.2) is 0 Å². The van der Waals surface area contributed by atoms with Crippen molar-refractivity contribution < 1.29 is 0 Å². The van der Waals surface area contributed by atoms with Gasteiger partial charge in [-0.25, -0.2) is 4.98 Å². The third-order valence-electron chi connectivity index (χ3n) is 2.55. The number of anilines is 1. The Morgan fingerprint density at radius 2 is 2.00 bits per heavy atom. The molecule has 0 radical (unpaired) electrons. The molecule has 3 nitrogen and oxygen atoms in total. The molecule has 1 aromatic rings. The summed E-state index contributed by atoms with van der Waals surface area (Å²) in [4.78, 5) is 7.98. The summed E-state index contributed by atoms with van der Waals surface area (Å²) in [5, 5.41) is 1.08. The Hall–Kier alpha value is -0.610. The van der Waals surface area contributed by atoms with E-state index in [2.05, 4.69) is 30.7 Å². The molecule has 0 amide bonds. The first-order chi connectivity index (χ1) is 6.88. The van der Waals surface area contributed by atoms with Crippen molar-refractivity contribution in [1.29, 1.82) is 0 Å². The summed E-state index contributed by atoms with van der Waals surface area (Å²) in [5.74, 6) is 0. The van der Waals surface area contributed by atoms with Gasteiger partial charge in [0.05, 0.1) is 5.69 Å². The van der Waals surface area contributed by atoms with E-state index in [-0.39, 0.29) is 5.41 Å². The van der Waals surface area contributed by atoms with Gasteiger partial charge in [0, 0.05) is 24.4 Å². The molecule has 15 heavy (non-hydrogen) atoms. The summed E-state index contributed by atoms with van der Waals surface area (Å²) in [5.41, 5.74) is 6.93. The van der Waals surface area contributed by atoms with E-state index in [9.17, 15) is 0 Å². The molecule has 0 aliphatic rings. The predicted octanol–water partition coefficient (Wildman–Crippen LogP) is 2.14. The molecule has 0 aliphatic carbocycles. The number of nitrogens with two attached hydrogens (primary N) is 1. The van der Waals surface area contributed by atoms with Gasteiger partial charge in [-0.05, 0) is 19.9 Å². The average molecular weight is 227 g/mol. The van der Waals surface area contributed by atoms with E-state index in [1.54, 1.807) is 11.3 Å². The van der Waals surface area contributed by atoms with Gasteiger partial charge < -0.3 is 10.6 Å². The standard InChI is InChI=1S/C11H21N3S/c1-8-9(11(2,3)6-7-12)15-10(13-8)14(4)5/h6-7,12H2,1-5H3. The van der Waals surface area contributed by atoms with Crippen LogP contribution in [0.4, 0.5) is 5.13 Å². The van der Waals surface area contributed by atoms with Crippen LogP contribution in [0.3, 0.4) is 0 Å². The van der Waals surface area contributed by atoms with Crippen LogP contribution >= 0.6 is 11.3 Å². The van der Waals surface area contributed by atoms with Crippen molar-refractivity contribution in [3.8, 4) is 0 Å². The normalized spacial score (nSPS) is 11.9. The smallest absolute Gasteiger partial charge is 0.185 e. The first kappa shape index (κ1) is 12.5. The second kappa shape index (κ2) is 4.49. The van der Waals surface area contributed by atoms with E-state index in [0.717, 1.165) is 23.8 Å². The second-order valence-electron chi connectivity index (χ2n) is 4.73. The van der Waals surface area contributed by atoms with E-state index in [4.69, 9.17) is 5.73 Å². The number of nitrogens with zero attached hydrogens (tertiary/aromatic N) is 2. The first-order valence-corrected chi connectivity index (χ1v) is 6.05. The predicted molar refractivity (Wildman–Crippen MR) is 67.9 cm³/mol. The summed E-state index contributed by atoms with van der Waals surface area (Å²) in [6, 6.07) is 0. The van der Waals surface area contributed by atoms with Crippen molar-refractivity contribution >= 4 is 16.5 Å². The molecule has 0 fully saturated rings. The Kier molecular flexibility index (Phi) is 3.73. The lowest BCUT2D eigenvalue weighted by atomic mass is 9.87. The third-order valence-corrected chi connectivity index (χ3v) is 4.24. The molecule has 1 heterocycles. The number of aromatic nitrogens is 1. The molecule has 0 atom stereocenters. The molecule has 0 aliphatic heterocycles. The van der Waals surface area contributed by atoms with Gasteiger partial charge in [0.25, 0.3) is 0 Å². The zero-order valence-corrected chi connectivity index (χ0v) is 11.1. The summed E-state index contributed by atoms with van der Waals surface area (Å²) in [6.45, 7) is 7.28. The monoisotopic (exact) mass is 227 g/mol. The van der Waals surface area contributed by atoms with Gasteiger partial charge in [0.15, 0.2) is 5.13 Å². The molecule has 86 valence electrons. The minimum absolute atomic E-state index is 0.144. The minimum Gasteiger partial charge on any atom is -0.354 e. The molecular weight excluding hydrogens is 206 g/mol. The zero-order chi connectivity index (χ0) is 11.6. The summed E-state index contributed by atoms with van der Waals surface area (Å²) >= 11 is 1.77. The van der Waals surface area contributed by atoms with Crippen LogP contribution in [0, 0.1) is 6.92 Å². The molecule has 0 bridgehead atoms. The van der Waals surface area contributed by atoms with Gasteiger partial charge in [-0.2, -0.15) is 0 Å². The highest BCUT2D eigenvalue weighted by molar-refractivity contribution is 7.15. The highest BCUT2D eigenvalue weighted by atomic mass is 32.1. The maximum Gasteiger partial charge on any atom is 0.185 e. The van der Waals surface area contributed by atoms with Crippen LogP contribution in [-0.4, -0.2) is 25.6 Å². The molecule has 0 saturated carbocycles. The van der Waals surface area contributed by atoms with Gasteiger partial charge in [-0.15, -0.1) is 11.3 Å². The van der Waals surface area contributed by atoms with E-state index in [0.29, 0.717) is 0 Å². The highest BCUT2D eigenvalue weighted by Gasteiger charge is 2.25. The molecule has 0 spiro atoms. The minimum atomic E-state index is 0.144. The van der Waals surface area contributed by atoms with Crippen molar-refractivity contribution in [3.63, 3.8) is 0 Å². The number of hydrogen-bond donors (Lipinski definition) is 1. The van der Waals surface area contributed by atoms with Crippen molar-refractivity contribution in [3.05, 3.63) is 10.6 Å². The van der Waals surface area contributed by atoms with E-state index in [1.807, 2.05) is 14.1 Å². The van der Waals surface area contributed by atoms with Crippen molar-refractivity contribution in [1.82, 2.24) is 4.98 Å². The molecule has 0 unspecified atom stereocenters. The molecule has 1 aromatic heterocycles. The number of aryl methyl sites for hydroxylation is 1. The Morgan fingerprint density at radius 1 is 1.40 bits per heavy atom. The van der Waals surface area contributed by atoms with Crippen LogP contribution in [-0.2, 0) is 5.41 Å². The third kappa shape index (κ3) is 2.69. The lowest BCUT2D eigenvalue weighted by Gasteiger charge is -2.22. The quantitative estimate of drug-likeness (QED) is 0.857. The fourth-order valence-corrected chi connectivity index (χ4v) is 2.80. The number of rotatable bonds is 4. The van der Waals surface area contributed by atoms with Gasteiger partial charge in [0.1, 0.15) is 0 Å². The maximum absolute atomic E-state index is 5.64. The number of thiazole rings is 1. The van der Waals surface area contributed by atoms with Crippen molar-refractivity contribution in [2.45, 2.75) is 32.6 Å². The van der Waals surface area contributed by atoms with E-state index >= 15 is 0 Å². The largest absolute Gasteiger partial charge is 0.354 e. The second-order valence-corrected chi connectivity index (χ2v) is 5.71. The maximum atomic E-state index is 5.64. The summed E-state index contributed by atoms with van der Waals surface area (Å²) < 4.78 is 0. The Bertz CT molecular complexity index is 329. The topological polar surface area (TPSA) is 42.2 Å². The SMILES string of the molecule is Cc1nc(N(C)C)sc1C(C)(C)CCN. The molecule has 0 saturated heterocycles. The van der Waals surface area contributed by atoms with Gasteiger partial charge in [-0.3, -0.25) is 0 Å². The Morgan fingerprint density at radius 3 is 2.40 bits per heavy atom. The average Bonchev–Trinajstić information content (AvgIpc) is 2.47. The molecular formula is C11H21N3S. The van der Waals surface area contributed by atoms with Crippen LogP contribution in [0.1, 0.15) is 30.8 Å². The lowest BCUT2D eigenvalue weighted by Crippen LogP contribution is -2.21. The van der Waals surface area contributed by atoms with Crippen LogP contribution in [0.5, 0.6) is 0 Å². The Balaban J connectivity index is 3.03. The van der Waals surface area contributed by atoms with Crippen molar-refractivity contribution in [2.24, 2.45) is 5.73 Å². The highest BCUT2D eigenvalue weighted by Crippen LogP contribution is 2.36. The fourth-order valence-electron chi connectivity index (χ4n) is 1.68. The fraction of sp³-hybridized carbons (Fsp3) is 0.727. The summed E-state index contributed by atoms with van der Waals surface area (Å²) in [7, 11) is 4.05. The molecule has 1 rings (SSSR count). The Labute approximate surface area is 96.3 Å². The van der Waals surface area contributed by atoms with Crippen molar-refractivity contribution in [2.75, 3.05) is 25.5 Å².